The number of H-pyrrole nitrogens is 1. The number of aromatic amines is 1. The maximum absolute atomic E-state index is 6.02. The van der Waals surface area contributed by atoms with Crippen molar-refractivity contribution in [1.82, 2.24) is 20.2 Å². The standard InChI is InChI=1S/C12H14ClN5/c1-7(9-5-14-15-6-9)16-11-4-10(13)17-12(18-11)8-2-3-8/h4-8H,2-3H2,1H3,(H,14,15)(H,16,17,18). The van der Waals surface area contributed by atoms with E-state index in [1.807, 2.05) is 6.20 Å². The molecule has 0 radical (unpaired) electrons. The largest absolute Gasteiger partial charge is 0.363 e. The summed E-state index contributed by atoms with van der Waals surface area (Å²) in [5.41, 5.74) is 1.08. The molecule has 2 aromatic heterocycles. The third-order valence-corrected chi connectivity index (χ3v) is 3.23. The average molecular weight is 264 g/mol. The Kier molecular flexibility index (Phi) is 2.91. The van der Waals surface area contributed by atoms with E-state index in [1.165, 1.54) is 0 Å². The van der Waals surface area contributed by atoms with Crippen LogP contribution in [0.15, 0.2) is 18.5 Å². The molecule has 1 fully saturated rings. The normalized spacial score (nSPS) is 16.6. The van der Waals surface area contributed by atoms with Crippen LogP contribution in [-0.4, -0.2) is 20.2 Å². The summed E-state index contributed by atoms with van der Waals surface area (Å²) < 4.78 is 0. The van der Waals surface area contributed by atoms with E-state index in [1.54, 1.807) is 12.3 Å². The van der Waals surface area contributed by atoms with Gasteiger partial charge in [-0.2, -0.15) is 5.10 Å². The van der Waals surface area contributed by atoms with Crippen LogP contribution in [0.5, 0.6) is 0 Å². The highest BCUT2D eigenvalue weighted by Crippen LogP contribution is 2.38. The topological polar surface area (TPSA) is 66.5 Å². The Labute approximate surface area is 110 Å². The molecule has 2 heterocycles. The molecule has 0 spiro atoms. The summed E-state index contributed by atoms with van der Waals surface area (Å²) in [4.78, 5) is 8.77. The van der Waals surface area contributed by atoms with Crippen molar-refractivity contribution in [3.05, 3.63) is 35.0 Å². The fraction of sp³-hybridized carbons (Fsp3) is 0.417. The molecule has 0 aliphatic heterocycles. The zero-order valence-corrected chi connectivity index (χ0v) is 10.8. The fourth-order valence-electron chi connectivity index (χ4n) is 1.84. The number of aromatic nitrogens is 4. The summed E-state index contributed by atoms with van der Waals surface area (Å²) >= 11 is 6.02. The summed E-state index contributed by atoms with van der Waals surface area (Å²) in [6, 6.07) is 1.88. The first-order valence-corrected chi connectivity index (χ1v) is 6.40. The maximum Gasteiger partial charge on any atom is 0.135 e. The molecule has 0 saturated heterocycles. The number of hydrogen-bond donors (Lipinski definition) is 2. The predicted molar refractivity (Wildman–Crippen MR) is 69.6 cm³/mol. The van der Waals surface area contributed by atoms with Crippen LogP contribution in [0.3, 0.4) is 0 Å². The van der Waals surface area contributed by atoms with E-state index in [9.17, 15) is 0 Å². The molecule has 1 saturated carbocycles. The fourth-order valence-corrected chi connectivity index (χ4v) is 2.03. The van der Waals surface area contributed by atoms with Crippen LogP contribution in [0.2, 0.25) is 5.15 Å². The highest BCUT2D eigenvalue weighted by atomic mass is 35.5. The molecule has 3 rings (SSSR count). The number of halogens is 1. The lowest BCUT2D eigenvalue weighted by molar-refractivity contribution is 0.855. The SMILES string of the molecule is CC(Nc1cc(Cl)nc(C2CC2)n1)c1cn[nH]c1. The number of nitrogens with zero attached hydrogens (tertiary/aromatic N) is 3. The van der Waals surface area contributed by atoms with Crippen LogP contribution in [0, 0.1) is 0 Å². The average Bonchev–Trinajstić information content (AvgIpc) is 3.03. The summed E-state index contributed by atoms with van der Waals surface area (Å²) in [5.74, 6) is 2.11. The molecule has 5 nitrogen and oxygen atoms in total. The Hall–Kier alpha value is -1.62. The lowest BCUT2D eigenvalue weighted by atomic mass is 10.2. The van der Waals surface area contributed by atoms with Gasteiger partial charge in [-0.05, 0) is 19.8 Å². The smallest absolute Gasteiger partial charge is 0.135 e. The molecule has 6 heteroatoms. The molecule has 0 aromatic carbocycles. The van der Waals surface area contributed by atoms with Gasteiger partial charge in [-0.25, -0.2) is 9.97 Å². The maximum atomic E-state index is 6.02. The van der Waals surface area contributed by atoms with Crippen molar-refractivity contribution in [1.29, 1.82) is 0 Å². The van der Waals surface area contributed by atoms with Gasteiger partial charge in [-0.1, -0.05) is 11.6 Å². The molecule has 18 heavy (non-hydrogen) atoms. The number of rotatable bonds is 4. The Balaban J connectivity index is 1.79. The van der Waals surface area contributed by atoms with Crippen molar-refractivity contribution < 1.29 is 0 Å². The zero-order chi connectivity index (χ0) is 12.5. The second-order valence-electron chi connectivity index (χ2n) is 4.61. The van der Waals surface area contributed by atoms with Crippen LogP contribution < -0.4 is 5.32 Å². The molecule has 94 valence electrons. The van der Waals surface area contributed by atoms with Crippen molar-refractivity contribution in [2.45, 2.75) is 31.7 Å². The first-order chi connectivity index (χ1) is 8.72. The van der Waals surface area contributed by atoms with E-state index in [0.717, 1.165) is 30.0 Å². The Morgan fingerprint density at radius 2 is 2.28 bits per heavy atom. The Morgan fingerprint density at radius 3 is 2.94 bits per heavy atom. The van der Waals surface area contributed by atoms with Crippen molar-refractivity contribution in [3.63, 3.8) is 0 Å². The minimum Gasteiger partial charge on any atom is -0.363 e. The molecule has 0 amide bonds. The van der Waals surface area contributed by atoms with Gasteiger partial charge in [-0.3, -0.25) is 5.10 Å². The second-order valence-corrected chi connectivity index (χ2v) is 4.99. The van der Waals surface area contributed by atoms with E-state index in [-0.39, 0.29) is 6.04 Å². The van der Waals surface area contributed by atoms with E-state index in [2.05, 4.69) is 32.4 Å². The molecule has 1 unspecified atom stereocenters. The first-order valence-electron chi connectivity index (χ1n) is 6.02. The van der Waals surface area contributed by atoms with Crippen molar-refractivity contribution in [2.75, 3.05) is 5.32 Å². The van der Waals surface area contributed by atoms with E-state index < -0.39 is 0 Å². The molecule has 0 bridgehead atoms. The van der Waals surface area contributed by atoms with Crippen LogP contribution in [0.4, 0.5) is 5.82 Å². The molecular formula is C12H14ClN5. The number of hydrogen-bond acceptors (Lipinski definition) is 4. The van der Waals surface area contributed by atoms with Gasteiger partial charge in [-0.15, -0.1) is 0 Å². The summed E-state index contributed by atoms with van der Waals surface area (Å²) in [6.45, 7) is 2.05. The second kappa shape index (κ2) is 4.57. The molecular weight excluding hydrogens is 250 g/mol. The van der Waals surface area contributed by atoms with Crippen LogP contribution in [0.1, 0.15) is 43.1 Å². The van der Waals surface area contributed by atoms with Gasteiger partial charge in [0.1, 0.15) is 16.8 Å². The molecule has 1 aliphatic rings. The minimum absolute atomic E-state index is 0.127. The van der Waals surface area contributed by atoms with Crippen molar-refractivity contribution in [2.24, 2.45) is 0 Å². The van der Waals surface area contributed by atoms with Crippen molar-refractivity contribution >= 4 is 17.4 Å². The van der Waals surface area contributed by atoms with Gasteiger partial charge >= 0.3 is 0 Å². The van der Waals surface area contributed by atoms with Crippen molar-refractivity contribution in [3.8, 4) is 0 Å². The van der Waals surface area contributed by atoms with E-state index in [4.69, 9.17) is 11.6 Å². The summed E-state index contributed by atoms with van der Waals surface area (Å²) in [6.07, 6.45) is 5.98. The highest BCUT2D eigenvalue weighted by molar-refractivity contribution is 6.29. The highest BCUT2D eigenvalue weighted by Gasteiger charge is 2.27. The molecule has 1 aliphatic carbocycles. The van der Waals surface area contributed by atoms with Crippen LogP contribution in [-0.2, 0) is 0 Å². The molecule has 1 atom stereocenters. The predicted octanol–water partition coefficient (Wildman–Crippen LogP) is 2.90. The van der Waals surface area contributed by atoms with Crippen LogP contribution >= 0.6 is 11.6 Å². The molecule has 2 N–H and O–H groups in total. The van der Waals surface area contributed by atoms with Gasteiger partial charge < -0.3 is 5.32 Å². The summed E-state index contributed by atoms with van der Waals surface area (Å²) in [7, 11) is 0. The van der Waals surface area contributed by atoms with E-state index >= 15 is 0 Å². The lowest BCUT2D eigenvalue weighted by Crippen LogP contribution is -2.08. The lowest BCUT2D eigenvalue weighted by Gasteiger charge is -2.13. The summed E-state index contributed by atoms with van der Waals surface area (Å²) in [5, 5.41) is 10.5. The van der Waals surface area contributed by atoms with E-state index in [0.29, 0.717) is 11.1 Å². The van der Waals surface area contributed by atoms with Crippen LogP contribution in [0.25, 0.3) is 0 Å². The number of nitrogens with one attached hydrogen (secondary N) is 2. The molecule has 2 aromatic rings. The third-order valence-electron chi connectivity index (χ3n) is 3.04. The van der Waals surface area contributed by atoms with Gasteiger partial charge in [0.25, 0.3) is 0 Å². The Morgan fingerprint density at radius 1 is 1.44 bits per heavy atom. The number of anilines is 1. The zero-order valence-electron chi connectivity index (χ0n) is 10.0. The van der Waals surface area contributed by atoms with Gasteiger partial charge in [0.2, 0.25) is 0 Å². The first kappa shape index (κ1) is 11.5. The monoisotopic (exact) mass is 263 g/mol. The quantitative estimate of drug-likeness (QED) is 0.833. The van der Waals surface area contributed by atoms with Gasteiger partial charge in [0.15, 0.2) is 0 Å². The van der Waals surface area contributed by atoms with Gasteiger partial charge in [0, 0.05) is 23.7 Å². The van der Waals surface area contributed by atoms with Gasteiger partial charge in [0.05, 0.1) is 12.2 Å². The minimum atomic E-state index is 0.127. The third kappa shape index (κ3) is 2.46. The Bertz CT molecular complexity index is 535.